The van der Waals surface area contributed by atoms with Gasteiger partial charge in [0, 0.05) is 67.0 Å². The Balaban J connectivity index is 0.00000441. The summed E-state index contributed by atoms with van der Waals surface area (Å²) in [6.07, 6.45) is 6.66. The first-order valence-corrected chi connectivity index (χ1v) is 16.1. The molecule has 4 rings (SSSR count). The van der Waals surface area contributed by atoms with Crippen molar-refractivity contribution in [3.8, 4) is 0 Å². The first-order chi connectivity index (χ1) is 18.9. The monoisotopic (exact) mass is 591 g/mol. The van der Waals surface area contributed by atoms with Crippen LogP contribution in [0, 0.1) is 6.92 Å². The van der Waals surface area contributed by atoms with Crippen molar-refractivity contribution in [1.82, 2.24) is 25.1 Å². The number of nitrogens with one attached hydrogen (secondary N) is 1. The molecule has 12 heteroatoms. The number of amides is 1. The summed E-state index contributed by atoms with van der Waals surface area (Å²) in [6.45, 7) is 6.76. The van der Waals surface area contributed by atoms with Gasteiger partial charge in [0.1, 0.15) is 0 Å². The number of carboxylic acid groups (broad SMARTS) is 1. The molecule has 1 aliphatic heterocycles. The topological polar surface area (TPSA) is 101 Å². The van der Waals surface area contributed by atoms with Crippen LogP contribution in [0.25, 0.3) is 5.57 Å². The summed E-state index contributed by atoms with van der Waals surface area (Å²) in [5, 5.41) is 14.4. The fraction of sp³-hybridized carbons (Fsp3) is 0.429. The predicted molar refractivity (Wildman–Crippen MR) is 157 cm³/mol. The summed E-state index contributed by atoms with van der Waals surface area (Å²) in [5.74, 6) is -0.911. The van der Waals surface area contributed by atoms with Crippen molar-refractivity contribution in [3.05, 3.63) is 74.1 Å². The summed E-state index contributed by atoms with van der Waals surface area (Å²) in [5.41, 5.74) is 7.49. The van der Waals surface area contributed by atoms with Gasteiger partial charge >= 0.3 is 18.9 Å². The Morgan fingerprint density at radius 3 is 2.40 bits per heavy atom. The van der Waals surface area contributed by atoms with Gasteiger partial charge in [-0.3, -0.25) is 24.6 Å². The Labute approximate surface area is 260 Å². The molecular formula is C28H34LiN5O3S3. The zero-order valence-electron chi connectivity index (χ0n) is 23.3. The van der Waals surface area contributed by atoms with Gasteiger partial charge in [0.05, 0.1) is 23.0 Å². The number of aryl methyl sites for hydroxylation is 1. The fourth-order valence-electron chi connectivity index (χ4n) is 4.73. The number of carbonyl (C=O) groups excluding carboxylic acids is 2. The van der Waals surface area contributed by atoms with Crippen LogP contribution in [0.3, 0.4) is 0 Å². The van der Waals surface area contributed by atoms with Crippen LogP contribution in [-0.2, 0) is 22.7 Å². The number of benzene rings is 1. The Kier molecular flexibility index (Phi) is 13.4. The average Bonchev–Trinajstić information content (AvgIpc) is 3.64. The third kappa shape index (κ3) is 9.28. The van der Waals surface area contributed by atoms with Gasteiger partial charge in [0.2, 0.25) is 5.91 Å². The molecule has 1 aromatic carbocycles. The smallest absolute Gasteiger partial charge is 0.548 e. The third-order valence-electron chi connectivity index (χ3n) is 6.83. The number of thiazole rings is 2. The van der Waals surface area contributed by atoms with E-state index in [4.69, 9.17) is 0 Å². The third-order valence-corrected chi connectivity index (χ3v) is 9.00. The number of hydrogen-bond donors (Lipinski definition) is 1. The van der Waals surface area contributed by atoms with Gasteiger partial charge in [0.15, 0.2) is 0 Å². The Bertz CT molecular complexity index is 1220. The molecule has 1 unspecified atom stereocenters. The van der Waals surface area contributed by atoms with Crippen LogP contribution < -0.4 is 29.3 Å². The predicted octanol–water partition coefficient (Wildman–Crippen LogP) is 0.0615. The van der Waals surface area contributed by atoms with E-state index in [0.717, 1.165) is 49.4 Å². The summed E-state index contributed by atoms with van der Waals surface area (Å²) in [7, 11) is 0. The molecule has 1 N–H and O–H groups in total. The molecular weight excluding hydrogens is 557 g/mol. The molecule has 0 saturated carbocycles. The zero-order valence-corrected chi connectivity index (χ0v) is 25.7. The van der Waals surface area contributed by atoms with E-state index in [-0.39, 0.29) is 24.8 Å². The maximum absolute atomic E-state index is 13.4. The molecule has 0 aliphatic carbocycles. The largest absolute Gasteiger partial charge is 1.00 e. The van der Waals surface area contributed by atoms with Crippen molar-refractivity contribution in [2.24, 2.45) is 0 Å². The van der Waals surface area contributed by atoms with Crippen LogP contribution in [0.5, 0.6) is 0 Å². The summed E-state index contributed by atoms with van der Waals surface area (Å²) in [4.78, 5) is 40.8. The van der Waals surface area contributed by atoms with E-state index in [1.54, 1.807) is 34.4 Å². The molecule has 0 radical (unpaired) electrons. The van der Waals surface area contributed by atoms with E-state index in [2.05, 4.69) is 25.1 Å². The van der Waals surface area contributed by atoms with Gasteiger partial charge in [-0.2, -0.15) is 11.8 Å². The van der Waals surface area contributed by atoms with Crippen molar-refractivity contribution in [3.63, 3.8) is 0 Å². The van der Waals surface area contributed by atoms with Gasteiger partial charge in [-0.05, 0) is 48.5 Å². The maximum atomic E-state index is 13.4. The van der Waals surface area contributed by atoms with Crippen LogP contribution >= 0.6 is 34.4 Å². The number of hydrogen-bond acceptors (Lipinski definition) is 10. The molecule has 1 aliphatic rings. The Hall–Kier alpha value is -1.97. The number of rotatable bonds is 14. The number of aliphatic carboxylic acids is 1. The van der Waals surface area contributed by atoms with Crippen LogP contribution in [0.2, 0.25) is 0 Å². The second kappa shape index (κ2) is 16.5. The second-order valence-electron chi connectivity index (χ2n) is 9.57. The van der Waals surface area contributed by atoms with Crippen molar-refractivity contribution < 1.29 is 33.6 Å². The number of nitrogens with zero attached hydrogens (tertiary/aromatic N) is 4. The normalized spacial score (nSPS) is 14.7. The summed E-state index contributed by atoms with van der Waals surface area (Å²) in [6, 6.07) is 7.07. The summed E-state index contributed by atoms with van der Waals surface area (Å²) < 4.78 is 0. The number of thioether (sulfide) groups is 1. The zero-order chi connectivity index (χ0) is 27.6. The molecule has 0 saturated heterocycles. The molecule has 0 bridgehead atoms. The van der Waals surface area contributed by atoms with Gasteiger partial charge < -0.3 is 15.2 Å². The van der Waals surface area contributed by atoms with Crippen LogP contribution in [0.1, 0.15) is 33.7 Å². The molecule has 0 fully saturated rings. The maximum Gasteiger partial charge on any atom is 1.00 e. The molecule has 208 valence electrons. The number of carboxylic acids is 1. The standard InChI is InChI=1S/C28H35N5O3S3.Li/c1-20-5-3-4-6-23(20)25-17-32(9-7-24(25)27(34)31-26(28(35)36)8-12-37-2)10-11-33(15-21-13-29-18-38-21)16-22-14-30-19-39-22;/h3-6,13-14,18-19,26H,7-12,15-17H2,1-2H3,(H,31,34)(H,35,36);/q;+1/p-1. The van der Waals surface area contributed by atoms with Gasteiger partial charge in [-0.1, -0.05) is 24.3 Å². The molecule has 1 atom stereocenters. The number of carbonyl (C=O) groups is 2. The second-order valence-corrected chi connectivity index (χ2v) is 12.5. The molecule has 2 aromatic heterocycles. The Morgan fingerprint density at radius 2 is 1.82 bits per heavy atom. The Morgan fingerprint density at radius 1 is 1.15 bits per heavy atom. The fourth-order valence-corrected chi connectivity index (χ4v) is 6.47. The minimum absolute atomic E-state index is 0. The summed E-state index contributed by atoms with van der Waals surface area (Å²) >= 11 is 4.87. The van der Waals surface area contributed by atoms with Crippen molar-refractivity contribution in [2.75, 3.05) is 38.2 Å². The molecule has 3 aromatic rings. The van der Waals surface area contributed by atoms with Crippen LogP contribution in [-0.4, -0.2) is 75.9 Å². The van der Waals surface area contributed by atoms with Crippen LogP contribution in [0.4, 0.5) is 0 Å². The van der Waals surface area contributed by atoms with E-state index in [1.807, 2.05) is 60.9 Å². The minimum Gasteiger partial charge on any atom is -0.548 e. The molecule has 0 spiro atoms. The first kappa shape index (κ1) is 32.5. The van der Waals surface area contributed by atoms with Crippen molar-refractivity contribution in [1.29, 1.82) is 0 Å². The quantitative estimate of drug-likeness (QED) is 0.263. The van der Waals surface area contributed by atoms with E-state index in [1.165, 1.54) is 9.75 Å². The van der Waals surface area contributed by atoms with E-state index in [9.17, 15) is 14.7 Å². The average molecular weight is 592 g/mol. The van der Waals surface area contributed by atoms with E-state index in [0.29, 0.717) is 30.7 Å². The van der Waals surface area contributed by atoms with Gasteiger partial charge in [-0.15, -0.1) is 22.7 Å². The molecule has 40 heavy (non-hydrogen) atoms. The van der Waals surface area contributed by atoms with E-state index < -0.39 is 12.0 Å². The molecule has 1 amide bonds. The number of aromatic nitrogens is 2. The molecule has 3 heterocycles. The SMILES string of the molecule is CSCCC(NC(=O)C1=C(c2ccccc2C)CN(CCN(Cc2cncs2)Cc2cncs2)CC1)C(=O)[O-].[Li+]. The van der Waals surface area contributed by atoms with Gasteiger partial charge in [0.25, 0.3) is 0 Å². The van der Waals surface area contributed by atoms with Crippen molar-refractivity contribution >= 4 is 51.9 Å². The van der Waals surface area contributed by atoms with E-state index >= 15 is 0 Å². The van der Waals surface area contributed by atoms with Crippen molar-refractivity contribution in [2.45, 2.75) is 38.9 Å². The van der Waals surface area contributed by atoms with Gasteiger partial charge in [-0.25, -0.2) is 0 Å². The first-order valence-electron chi connectivity index (χ1n) is 12.9. The minimum atomic E-state index is -1.24. The molecule has 8 nitrogen and oxygen atoms in total. The van der Waals surface area contributed by atoms with Crippen LogP contribution in [0.15, 0.2) is 53.3 Å².